The maximum atomic E-state index is 13.1. The van der Waals surface area contributed by atoms with Crippen LogP contribution in [-0.2, 0) is 0 Å². The molecule has 0 spiro atoms. The molecule has 21 heavy (non-hydrogen) atoms. The van der Waals surface area contributed by atoms with E-state index in [2.05, 4.69) is 29.8 Å². The number of rotatable bonds is 6. The summed E-state index contributed by atoms with van der Waals surface area (Å²) in [5, 5.41) is 0. The second-order valence-corrected chi connectivity index (χ2v) is 7.35. The van der Waals surface area contributed by atoms with E-state index in [1.54, 1.807) is 0 Å². The first-order chi connectivity index (χ1) is 9.98. The fraction of sp³-hybridized carbons (Fsp3) is 0.611. The van der Waals surface area contributed by atoms with Gasteiger partial charge in [0.15, 0.2) is 5.78 Å². The number of carbonyl (C=O) groups is 1. The minimum Gasteiger partial charge on any atom is -0.493 e. The molecule has 0 N–H and O–H groups in total. The van der Waals surface area contributed by atoms with Crippen LogP contribution in [0.5, 0.6) is 5.75 Å². The molecule has 0 aromatic heterocycles. The fourth-order valence-corrected chi connectivity index (χ4v) is 4.07. The molecule has 0 unspecified atom stereocenters. The fourth-order valence-electron chi connectivity index (χ4n) is 3.58. The predicted molar refractivity (Wildman–Crippen MR) is 90.0 cm³/mol. The molecule has 0 heterocycles. The van der Waals surface area contributed by atoms with Crippen LogP contribution in [0.3, 0.4) is 0 Å². The average Bonchev–Trinajstić information content (AvgIpc) is 2.89. The molecule has 2 rings (SSSR count). The van der Waals surface area contributed by atoms with Gasteiger partial charge in [-0.15, -0.1) is 0 Å². The molecule has 1 aliphatic rings. The Hall–Kier alpha value is -0.830. The minimum absolute atomic E-state index is 0.138. The van der Waals surface area contributed by atoms with E-state index in [1.165, 1.54) is 12.8 Å². The van der Waals surface area contributed by atoms with Crippen LogP contribution in [0.1, 0.15) is 63.2 Å². The summed E-state index contributed by atoms with van der Waals surface area (Å²) in [4.78, 5) is 13.1. The predicted octanol–water partition coefficient (Wildman–Crippen LogP) is 5.64. The van der Waals surface area contributed by atoms with Crippen molar-refractivity contribution in [2.24, 2.45) is 11.3 Å². The Morgan fingerprint density at radius 1 is 1.33 bits per heavy atom. The topological polar surface area (TPSA) is 26.3 Å². The Morgan fingerprint density at radius 2 is 2.00 bits per heavy atom. The van der Waals surface area contributed by atoms with E-state index in [0.717, 1.165) is 35.0 Å². The summed E-state index contributed by atoms with van der Waals surface area (Å²) in [6.07, 6.45) is 5.42. The van der Waals surface area contributed by atoms with Gasteiger partial charge in [-0.2, -0.15) is 0 Å². The largest absolute Gasteiger partial charge is 0.493 e. The van der Waals surface area contributed by atoms with Gasteiger partial charge in [0.25, 0.3) is 0 Å². The SMILES string of the molecule is CCOc1ccc(C(=O)C2(CC(C)C)CCCC2)cc1Br. The highest BCUT2D eigenvalue weighted by molar-refractivity contribution is 9.10. The van der Waals surface area contributed by atoms with Crippen LogP contribution < -0.4 is 4.74 Å². The molecule has 3 heteroatoms. The quantitative estimate of drug-likeness (QED) is 0.619. The van der Waals surface area contributed by atoms with E-state index < -0.39 is 0 Å². The van der Waals surface area contributed by atoms with Gasteiger partial charge in [-0.1, -0.05) is 26.7 Å². The van der Waals surface area contributed by atoms with E-state index >= 15 is 0 Å². The molecule has 0 atom stereocenters. The van der Waals surface area contributed by atoms with Gasteiger partial charge >= 0.3 is 0 Å². The van der Waals surface area contributed by atoms with Crippen LogP contribution in [0.2, 0.25) is 0 Å². The van der Waals surface area contributed by atoms with Gasteiger partial charge in [-0.3, -0.25) is 4.79 Å². The summed E-state index contributed by atoms with van der Waals surface area (Å²) in [6.45, 7) is 7.01. The molecular formula is C18H25BrO2. The third-order valence-electron chi connectivity index (χ3n) is 4.34. The second kappa shape index (κ2) is 6.95. The van der Waals surface area contributed by atoms with E-state index in [1.807, 2.05) is 25.1 Å². The zero-order valence-corrected chi connectivity index (χ0v) is 14.8. The van der Waals surface area contributed by atoms with E-state index in [4.69, 9.17) is 4.74 Å². The third-order valence-corrected chi connectivity index (χ3v) is 4.95. The number of hydrogen-bond acceptors (Lipinski definition) is 2. The zero-order valence-electron chi connectivity index (χ0n) is 13.2. The van der Waals surface area contributed by atoms with Gasteiger partial charge in [-0.25, -0.2) is 0 Å². The molecule has 0 bridgehead atoms. The van der Waals surface area contributed by atoms with Crippen LogP contribution in [0, 0.1) is 11.3 Å². The van der Waals surface area contributed by atoms with Crippen LogP contribution in [0.4, 0.5) is 0 Å². The molecule has 2 nitrogen and oxygen atoms in total. The Balaban J connectivity index is 2.27. The number of Topliss-reactive ketones (excluding diaryl/α,β-unsaturated/α-hetero) is 1. The number of halogens is 1. The highest BCUT2D eigenvalue weighted by atomic mass is 79.9. The molecule has 0 saturated heterocycles. The van der Waals surface area contributed by atoms with Crippen LogP contribution in [-0.4, -0.2) is 12.4 Å². The molecule has 1 aliphatic carbocycles. The number of hydrogen-bond donors (Lipinski definition) is 0. The highest BCUT2D eigenvalue weighted by Crippen LogP contribution is 2.46. The maximum absolute atomic E-state index is 13.1. The summed E-state index contributed by atoms with van der Waals surface area (Å²) < 4.78 is 6.40. The zero-order chi connectivity index (χ0) is 15.5. The van der Waals surface area contributed by atoms with Gasteiger partial charge in [0.1, 0.15) is 5.75 Å². The van der Waals surface area contributed by atoms with Crippen molar-refractivity contribution in [2.75, 3.05) is 6.61 Å². The molecule has 1 aromatic carbocycles. The van der Waals surface area contributed by atoms with Crippen molar-refractivity contribution in [3.05, 3.63) is 28.2 Å². The first kappa shape index (κ1) is 16.5. The summed E-state index contributed by atoms with van der Waals surface area (Å²) in [7, 11) is 0. The molecule has 0 amide bonds. The Kier molecular flexibility index (Phi) is 5.48. The van der Waals surface area contributed by atoms with E-state index in [-0.39, 0.29) is 5.41 Å². The molecule has 0 aliphatic heterocycles. The van der Waals surface area contributed by atoms with Crippen molar-refractivity contribution >= 4 is 21.7 Å². The summed E-state index contributed by atoms with van der Waals surface area (Å²) in [5.74, 6) is 1.68. The van der Waals surface area contributed by atoms with Crippen molar-refractivity contribution in [3.8, 4) is 5.75 Å². The number of ether oxygens (including phenoxy) is 1. The first-order valence-corrected chi connectivity index (χ1v) is 8.75. The lowest BCUT2D eigenvalue weighted by molar-refractivity contribution is 0.0760. The average molecular weight is 353 g/mol. The summed E-state index contributed by atoms with van der Waals surface area (Å²) in [6, 6.07) is 5.74. The van der Waals surface area contributed by atoms with E-state index in [0.29, 0.717) is 18.3 Å². The lowest BCUT2D eigenvalue weighted by Crippen LogP contribution is -2.30. The summed E-state index contributed by atoms with van der Waals surface area (Å²) in [5.41, 5.74) is 0.675. The first-order valence-electron chi connectivity index (χ1n) is 7.95. The smallest absolute Gasteiger partial charge is 0.169 e. The standard InChI is InChI=1S/C18H25BrO2/c1-4-21-16-8-7-14(11-15(16)19)17(20)18(12-13(2)3)9-5-6-10-18/h7-8,11,13H,4-6,9-10,12H2,1-3H3. The Bertz CT molecular complexity index is 502. The van der Waals surface area contributed by atoms with Crippen molar-refractivity contribution in [1.82, 2.24) is 0 Å². The van der Waals surface area contributed by atoms with Gasteiger partial charge < -0.3 is 4.74 Å². The van der Waals surface area contributed by atoms with E-state index in [9.17, 15) is 4.79 Å². The number of benzene rings is 1. The second-order valence-electron chi connectivity index (χ2n) is 6.49. The molecule has 1 saturated carbocycles. The van der Waals surface area contributed by atoms with Crippen molar-refractivity contribution in [3.63, 3.8) is 0 Å². The number of carbonyl (C=O) groups excluding carboxylic acids is 1. The third kappa shape index (κ3) is 3.68. The van der Waals surface area contributed by atoms with Crippen LogP contribution in [0.15, 0.2) is 22.7 Å². The Labute approximate surface area is 136 Å². The van der Waals surface area contributed by atoms with Gasteiger partial charge in [0.05, 0.1) is 11.1 Å². The van der Waals surface area contributed by atoms with Crippen molar-refractivity contribution in [1.29, 1.82) is 0 Å². The maximum Gasteiger partial charge on any atom is 0.169 e. The molecule has 1 aromatic rings. The minimum atomic E-state index is -0.138. The summed E-state index contributed by atoms with van der Waals surface area (Å²) >= 11 is 3.52. The lowest BCUT2D eigenvalue weighted by Gasteiger charge is -2.29. The van der Waals surface area contributed by atoms with Gasteiger partial charge in [0, 0.05) is 11.0 Å². The van der Waals surface area contributed by atoms with Crippen molar-refractivity contribution in [2.45, 2.75) is 52.9 Å². The number of ketones is 1. The van der Waals surface area contributed by atoms with Crippen molar-refractivity contribution < 1.29 is 9.53 Å². The normalized spacial score (nSPS) is 17.2. The van der Waals surface area contributed by atoms with Gasteiger partial charge in [0.2, 0.25) is 0 Å². The van der Waals surface area contributed by atoms with Crippen LogP contribution >= 0.6 is 15.9 Å². The van der Waals surface area contributed by atoms with Gasteiger partial charge in [-0.05, 0) is 66.2 Å². The highest BCUT2D eigenvalue weighted by Gasteiger charge is 2.41. The molecule has 1 fully saturated rings. The Morgan fingerprint density at radius 3 is 2.52 bits per heavy atom. The molecular weight excluding hydrogens is 328 g/mol. The lowest BCUT2D eigenvalue weighted by atomic mass is 9.73. The monoisotopic (exact) mass is 352 g/mol. The molecule has 0 radical (unpaired) electrons. The molecule has 116 valence electrons. The van der Waals surface area contributed by atoms with Crippen LogP contribution in [0.25, 0.3) is 0 Å².